The molecule has 0 aliphatic rings. The highest BCUT2D eigenvalue weighted by molar-refractivity contribution is 7.71. The molecule has 1 amide bonds. The number of hydrogen-bond donors (Lipinski definition) is 2. The van der Waals surface area contributed by atoms with E-state index in [9.17, 15) is 9.59 Å². The Kier molecular flexibility index (Phi) is 5.29. The van der Waals surface area contributed by atoms with Gasteiger partial charge in [0.2, 0.25) is 5.91 Å². The first-order valence-corrected chi connectivity index (χ1v) is 8.54. The van der Waals surface area contributed by atoms with Gasteiger partial charge in [-0.15, -0.1) is 0 Å². The van der Waals surface area contributed by atoms with E-state index in [-0.39, 0.29) is 18.2 Å². The van der Waals surface area contributed by atoms with Crippen LogP contribution in [-0.4, -0.2) is 26.5 Å². The zero-order valence-electron chi connectivity index (χ0n) is 13.8. The highest BCUT2D eigenvalue weighted by Crippen LogP contribution is 2.20. The zero-order valence-corrected chi connectivity index (χ0v) is 15.4. The van der Waals surface area contributed by atoms with Crippen LogP contribution < -0.4 is 5.32 Å². The van der Waals surface area contributed by atoms with E-state index in [1.54, 1.807) is 41.0 Å². The summed E-state index contributed by atoms with van der Waals surface area (Å²) in [6, 6.07) is 13.8. The van der Waals surface area contributed by atoms with Crippen LogP contribution in [-0.2, 0) is 11.3 Å². The number of Topliss-reactive ketones (excluding diaryl/α,β-unsaturated/α-hetero) is 1. The number of anilines is 1. The fraction of sp³-hybridized carbons (Fsp3) is 0.111. The highest BCUT2D eigenvalue weighted by Gasteiger charge is 2.13. The summed E-state index contributed by atoms with van der Waals surface area (Å²) in [6.45, 7) is 1.49. The van der Waals surface area contributed by atoms with Crippen molar-refractivity contribution in [1.29, 1.82) is 0 Å². The van der Waals surface area contributed by atoms with Crippen LogP contribution in [0.25, 0.3) is 11.4 Å². The molecule has 0 spiro atoms. The van der Waals surface area contributed by atoms with Crippen molar-refractivity contribution in [3.05, 3.63) is 63.9 Å². The lowest BCUT2D eigenvalue weighted by Gasteiger charge is -2.09. The van der Waals surface area contributed by atoms with Gasteiger partial charge in [-0.3, -0.25) is 19.3 Å². The van der Waals surface area contributed by atoms with Crippen LogP contribution in [0.5, 0.6) is 0 Å². The molecule has 0 radical (unpaired) electrons. The van der Waals surface area contributed by atoms with Gasteiger partial charge in [0.1, 0.15) is 6.54 Å². The van der Waals surface area contributed by atoms with Crippen molar-refractivity contribution in [3.8, 4) is 11.4 Å². The third kappa shape index (κ3) is 4.07. The largest absolute Gasteiger partial charge is 0.325 e. The maximum absolute atomic E-state index is 12.4. The Labute approximate surface area is 159 Å². The van der Waals surface area contributed by atoms with Crippen molar-refractivity contribution in [2.75, 3.05) is 5.32 Å². The van der Waals surface area contributed by atoms with Crippen LogP contribution in [0.15, 0.2) is 48.5 Å². The smallest absolute Gasteiger partial charge is 0.244 e. The number of halogens is 1. The second kappa shape index (κ2) is 7.63. The second-order valence-corrected chi connectivity index (χ2v) is 6.45. The van der Waals surface area contributed by atoms with Crippen LogP contribution in [0.1, 0.15) is 17.3 Å². The van der Waals surface area contributed by atoms with Gasteiger partial charge in [-0.2, -0.15) is 5.10 Å². The summed E-state index contributed by atoms with van der Waals surface area (Å²) in [5.74, 6) is 0.266. The van der Waals surface area contributed by atoms with E-state index >= 15 is 0 Å². The first kappa shape index (κ1) is 18.0. The molecule has 132 valence electrons. The lowest BCUT2D eigenvalue weighted by Crippen LogP contribution is -2.19. The number of ketones is 1. The quantitative estimate of drug-likeness (QED) is 0.511. The predicted octanol–water partition coefficient (Wildman–Crippen LogP) is 4.10. The van der Waals surface area contributed by atoms with E-state index < -0.39 is 0 Å². The third-order valence-electron chi connectivity index (χ3n) is 3.74. The molecule has 0 aliphatic heterocycles. The molecule has 2 aromatic carbocycles. The molecule has 2 N–H and O–H groups in total. The molecule has 6 nitrogen and oxygen atoms in total. The third-order valence-corrected chi connectivity index (χ3v) is 4.30. The number of rotatable bonds is 5. The Bertz CT molecular complexity index is 1010. The van der Waals surface area contributed by atoms with Gasteiger partial charge in [0.25, 0.3) is 0 Å². The molecule has 8 heteroatoms. The van der Waals surface area contributed by atoms with Gasteiger partial charge in [0, 0.05) is 21.8 Å². The summed E-state index contributed by atoms with van der Waals surface area (Å²) in [5, 5.41) is 10.3. The first-order valence-electron chi connectivity index (χ1n) is 7.76. The number of nitrogens with zero attached hydrogens (tertiary/aromatic N) is 2. The Hall–Kier alpha value is -2.77. The summed E-state index contributed by atoms with van der Waals surface area (Å²) in [7, 11) is 0. The van der Waals surface area contributed by atoms with E-state index in [4.69, 9.17) is 23.8 Å². The molecule has 1 heterocycles. The van der Waals surface area contributed by atoms with Gasteiger partial charge in [0.15, 0.2) is 16.4 Å². The minimum Gasteiger partial charge on any atom is -0.325 e. The molecule has 0 bridgehead atoms. The number of amides is 1. The lowest BCUT2D eigenvalue weighted by molar-refractivity contribution is -0.116. The second-order valence-electron chi connectivity index (χ2n) is 5.63. The molecular weight excluding hydrogens is 372 g/mol. The molecule has 26 heavy (non-hydrogen) atoms. The molecule has 3 aromatic rings. The van der Waals surface area contributed by atoms with Crippen molar-refractivity contribution in [1.82, 2.24) is 14.8 Å². The molecule has 1 aromatic heterocycles. The first-order chi connectivity index (χ1) is 12.4. The summed E-state index contributed by atoms with van der Waals surface area (Å²) in [5.41, 5.74) is 1.98. The van der Waals surface area contributed by atoms with Gasteiger partial charge in [-0.05, 0) is 67.7 Å². The summed E-state index contributed by atoms with van der Waals surface area (Å²) in [4.78, 5) is 23.7. The Morgan fingerprint density at radius 3 is 2.42 bits per heavy atom. The molecule has 0 aliphatic carbocycles. The van der Waals surface area contributed by atoms with E-state index in [0.717, 1.165) is 5.56 Å². The number of aromatic amines is 1. The van der Waals surface area contributed by atoms with Crippen LogP contribution in [0.3, 0.4) is 0 Å². The zero-order chi connectivity index (χ0) is 18.7. The van der Waals surface area contributed by atoms with Gasteiger partial charge < -0.3 is 5.32 Å². The predicted molar refractivity (Wildman–Crippen MR) is 103 cm³/mol. The molecule has 0 saturated heterocycles. The normalized spacial score (nSPS) is 10.5. The Morgan fingerprint density at radius 1 is 1.15 bits per heavy atom. The molecular formula is C18H15ClN4O2S. The van der Waals surface area contributed by atoms with E-state index in [0.29, 0.717) is 26.9 Å². The molecule has 0 atom stereocenters. The van der Waals surface area contributed by atoms with Crippen molar-refractivity contribution in [2.24, 2.45) is 0 Å². The van der Waals surface area contributed by atoms with E-state index in [2.05, 4.69) is 15.5 Å². The molecule has 0 unspecified atom stereocenters. The number of nitrogens with one attached hydrogen (secondary N) is 2. The minimum absolute atomic E-state index is 0.00174. The Morgan fingerprint density at radius 2 is 1.81 bits per heavy atom. The fourth-order valence-electron chi connectivity index (χ4n) is 2.42. The topological polar surface area (TPSA) is 79.8 Å². The number of benzene rings is 2. The van der Waals surface area contributed by atoms with Crippen molar-refractivity contribution < 1.29 is 9.59 Å². The van der Waals surface area contributed by atoms with Gasteiger partial charge in [0.05, 0.1) is 0 Å². The monoisotopic (exact) mass is 386 g/mol. The number of hydrogen-bond acceptors (Lipinski definition) is 4. The van der Waals surface area contributed by atoms with Gasteiger partial charge >= 0.3 is 0 Å². The van der Waals surface area contributed by atoms with Crippen molar-refractivity contribution in [2.45, 2.75) is 13.5 Å². The number of aromatic nitrogens is 3. The Balaban J connectivity index is 1.77. The molecule has 0 fully saturated rings. The average Bonchev–Trinajstić information content (AvgIpc) is 2.97. The average molecular weight is 387 g/mol. The van der Waals surface area contributed by atoms with Crippen molar-refractivity contribution in [3.63, 3.8) is 0 Å². The SMILES string of the molecule is CC(=O)c1ccc(NC(=O)Cn2c(-c3ccc(Cl)cc3)n[nH]c2=S)cc1. The highest BCUT2D eigenvalue weighted by atomic mass is 35.5. The minimum atomic E-state index is -0.256. The summed E-state index contributed by atoms with van der Waals surface area (Å²) < 4.78 is 1.95. The van der Waals surface area contributed by atoms with Crippen LogP contribution in [0.4, 0.5) is 5.69 Å². The number of carbonyl (C=O) groups excluding carboxylic acids is 2. The van der Waals surface area contributed by atoms with Crippen LogP contribution in [0.2, 0.25) is 5.02 Å². The van der Waals surface area contributed by atoms with Gasteiger partial charge in [-0.25, -0.2) is 0 Å². The number of H-pyrrole nitrogens is 1. The maximum atomic E-state index is 12.4. The fourth-order valence-corrected chi connectivity index (χ4v) is 2.74. The summed E-state index contributed by atoms with van der Waals surface area (Å²) in [6.07, 6.45) is 0. The van der Waals surface area contributed by atoms with Gasteiger partial charge in [-0.1, -0.05) is 11.6 Å². The van der Waals surface area contributed by atoms with Crippen LogP contribution in [0, 0.1) is 4.77 Å². The molecule has 3 rings (SSSR count). The standard InChI is InChI=1S/C18H15ClN4O2S/c1-11(24)12-4-8-15(9-5-12)20-16(25)10-23-17(21-22-18(23)26)13-2-6-14(19)7-3-13/h2-9H,10H2,1H3,(H,20,25)(H,22,26). The van der Waals surface area contributed by atoms with Crippen molar-refractivity contribution >= 4 is 41.2 Å². The van der Waals surface area contributed by atoms with Crippen LogP contribution >= 0.6 is 23.8 Å². The van der Waals surface area contributed by atoms with E-state index in [1.807, 2.05) is 12.1 Å². The number of carbonyl (C=O) groups is 2. The molecule has 0 saturated carbocycles. The summed E-state index contributed by atoms with van der Waals surface area (Å²) >= 11 is 11.1. The lowest BCUT2D eigenvalue weighted by atomic mass is 10.1. The maximum Gasteiger partial charge on any atom is 0.244 e. The van der Waals surface area contributed by atoms with E-state index in [1.165, 1.54) is 6.92 Å².